The van der Waals surface area contributed by atoms with Gasteiger partial charge in [-0.2, -0.15) is 0 Å². The van der Waals surface area contributed by atoms with Crippen LogP contribution in [0.3, 0.4) is 0 Å². The topological polar surface area (TPSA) is 95.9 Å². The molecule has 2 atom stereocenters. The Bertz CT molecular complexity index is 1300. The summed E-state index contributed by atoms with van der Waals surface area (Å²) in [6, 6.07) is -0.548. The molecule has 0 aliphatic carbocycles. The van der Waals surface area contributed by atoms with Crippen LogP contribution >= 0.6 is 0 Å². The summed E-state index contributed by atoms with van der Waals surface area (Å²) in [6.07, 6.45) is 89.0. The van der Waals surface area contributed by atoms with Gasteiger partial charge in [-0.3, -0.25) is 9.59 Å². The standard InChI is InChI=1S/C74H141NO5/c1-3-5-7-9-11-13-15-17-19-21-23-24-27-31-34-38-42-46-50-54-58-62-66-72(77)71(70-76)75-73(78)67-63-59-55-51-47-43-39-35-32-28-25-26-29-33-37-41-45-49-53-57-61-65-69-80-74(79)68-64-60-56-52-48-44-40-36-30-22-20-18-16-14-12-10-8-6-4-2/h12,14,18,20,28,32,71-72,76-77H,3-11,13,15-17,19,21-27,29-31,33-70H2,1-2H3,(H,75,78)/b14-12-,20-18-,32-28-. The molecule has 3 N–H and O–H groups in total. The smallest absolute Gasteiger partial charge is 0.305 e. The molecule has 2 unspecified atom stereocenters. The fraction of sp³-hybridized carbons (Fsp3) is 0.892. The quantitative estimate of drug-likeness (QED) is 0.0320. The van der Waals surface area contributed by atoms with Gasteiger partial charge >= 0.3 is 5.97 Å². The van der Waals surface area contributed by atoms with Crippen LogP contribution in [-0.4, -0.2) is 47.4 Å². The van der Waals surface area contributed by atoms with E-state index in [0.717, 1.165) is 51.4 Å². The van der Waals surface area contributed by atoms with E-state index in [1.807, 2.05) is 0 Å². The number of ether oxygens (including phenoxy) is 1. The van der Waals surface area contributed by atoms with E-state index in [2.05, 4.69) is 55.6 Å². The molecule has 0 radical (unpaired) electrons. The number of carbonyl (C=O) groups excluding carboxylic acids is 2. The first kappa shape index (κ1) is 78.1. The fourth-order valence-corrected chi connectivity index (χ4v) is 11.4. The van der Waals surface area contributed by atoms with E-state index >= 15 is 0 Å². The molecule has 472 valence electrons. The van der Waals surface area contributed by atoms with Gasteiger partial charge in [0.2, 0.25) is 5.91 Å². The highest BCUT2D eigenvalue weighted by Gasteiger charge is 2.20. The van der Waals surface area contributed by atoms with Crippen LogP contribution in [0.25, 0.3) is 0 Å². The van der Waals surface area contributed by atoms with Crippen molar-refractivity contribution in [3.63, 3.8) is 0 Å². The maximum Gasteiger partial charge on any atom is 0.305 e. The number of aliphatic hydroxyl groups is 2. The highest BCUT2D eigenvalue weighted by Crippen LogP contribution is 2.19. The number of amides is 1. The third kappa shape index (κ3) is 65.2. The first-order valence-corrected chi connectivity index (χ1v) is 36.2. The third-order valence-corrected chi connectivity index (χ3v) is 16.9. The number of hydrogen-bond acceptors (Lipinski definition) is 5. The minimum atomic E-state index is -0.671. The molecule has 6 nitrogen and oxygen atoms in total. The molecule has 6 heteroatoms. The zero-order valence-corrected chi connectivity index (χ0v) is 54.1. The maximum absolute atomic E-state index is 12.6. The minimum absolute atomic E-state index is 0.00701. The molecule has 0 aliphatic rings. The van der Waals surface area contributed by atoms with Crippen molar-refractivity contribution in [2.75, 3.05) is 13.2 Å². The van der Waals surface area contributed by atoms with Gasteiger partial charge in [0, 0.05) is 12.8 Å². The van der Waals surface area contributed by atoms with E-state index in [4.69, 9.17) is 4.74 Å². The van der Waals surface area contributed by atoms with E-state index in [1.54, 1.807) is 0 Å². The normalized spacial score (nSPS) is 12.7. The molecule has 80 heavy (non-hydrogen) atoms. The molecule has 0 aliphatic heterocycles. The zero-order chi connectivity index (χ0) is 57.8. The Morgan fingerprint density at radius 1 is 0.350 bits per heavy atom. The Morgan fingerprint density at radius 3 is 0.988 bits per heavy atom. The molecular weight excluding hydrogens is 983 g/mol. The molecule has 0 saturated heterocycles. The number of aliphatic hydroxyl groups excluding tert-OH is 2. The molecule has 0 aromatic carbocycles. The number of unbranched alkanes of at least 4 members (excludes halogenated alkanes) is 51. The average Bonchev–Trinajstić information content (AvgIpc) is 3.46. The van der Waals surface area contributed by atoms with Crippen molar-refractivity contribution in [2.24, 2.45) is 0 Å². The SMILES string of the molecule is CCCCC/C=C\C/C=C\CCCCCCCCCCCC(=O)OCCCCCCCCCCCCC/C=C\CCCCCCCCCC(=O)NC(CO)C(O)CCCCCCCCCCCCCCCCCCCCCCCC. The highest BCUT2D eigenvalue weighted by molar-refractivity contribution is 5.76. The highest BCUT2D eigenvalue weighted by atomic mass is 16.5. The first-order chi connectivity index (χ1) is 39.5. The summed E-state index contributed by atoms with van der Waals surface area (Å²) < 4.78 is 5.50. The molecule has 0 fully saturated rings. The van der Waals surface area contributed by atoms with Crippen LogP contribution in [0.2, 0.25) is 0 Å². The van der Waals surface area contributed by atoms with Gasteiger partial charge in [0.1, 0.15) is 0 Å². The second-order valence-corrected chi connectivity index (χ2v) is 24.9. The predicted octanol–water partition coefficient (Wildman–Crippen LogP) is 23.5. The average molecular weight is 1120 g/mol. The Morgan fingerprint density at radius 2 is 0.625 bits per heavy atom. The monoisotopic (exact) mass is 1120 g/mol. The van der Waals surface area contributed by atoms with Crippen LogP contribution in [0.15, 0.2) is 36.5 Å². The largest absolute Gasteiger partial charge is 0.466 e. The molecular formula is C74H141NO5. The van der Waals surface area contributed by atoms with Crippen molar-refractivity contribution in [3.8, 4) is 0 Å². The van der Waals surface area contributed by atoms with Crippen molar-refractivity contribution in [2.45, 2.75) is 411 Å². The van der Waals surface area contributed by atoms with Crippen LogP contribution in [0, 0.1) is 0 Å². The van der Waals surface area contributed by atoms with Crippen LogP contribution in [0.5, 0.6) is 0 Å². The van der Waals surface area contributed by atoms with E-state index < -0.39 is 12.1 Å². The van der Waals surface area contributed by atoms with Crippen LogP contribution in [0.4, 0.5) is 0 Å². The fourth-order valence-electron chi connectivity index (χ4n) is 11.4. The lowest BCUT2D eigenvalue weighted by atomic mass is 10.0. The second kappa shape index (κ2) is 69.6. The van der Waals surface area contributed by atoms with Gasteiger partial charge in [-0.15, -0.1) is 0 Å². The molecule has 0 saturated carbocycles. The Labute approximate surface area is 500 Å². The number of carbonyl (C=O) groups is 2. The van der Waals surface area contributed by atoms with Gasteiger partial charge in [-0.05, 0) is 83.5 Å². The maximum atomic E-state index is 12.6. The van der Waals surface area contributed by atoms with Crippen molar-refractivity contribution in [3.05, 3.63) is 36.5 Å². The molecule has 0 aromatic rings. The molecule has 0 aromatic heterocycles. The lowest BCUT2D eigenvalue weighted by molar-refractivity contribution is -0.143. The van der Waals surface area contributed by atoms with Crippen molar-refractivity contribution in [1.29, 1.82) is 0 Å². The predicted molar refractivity (Wildman–Crippen MR) is 352 cm³/mol. The second-order valence-electron chi connectivity index (χ2n) is 24.9. The van der Waals surface area contributed by atoms with E-state index in [9.17, 15) is 19.8 Å². The molecule has 0 rings (SSSR count). The van der Waals surface area contributed by atoms with Crippen molar-refractivity contribution in [1.82, 2.24) is 5.32 Å². The van der Waals surface area contributed by atoms with Gasteiger partial charge < -0.3 is 20.3 Å². The zero-order valence-electron chi connectivity index (χ0n) is 54.1. The van der Waals surface area contributed by atoms with Gasteiger partial charge in [-0.25, -0.2) is 0 Å². The van der Waals surface area contributed by atoms with E-state index in [-0.39, 0.29) is 18.5 Å². The van der Waals surface area contributed by atoms with E-state index in [1.165, 1.54) is 315 Å². The van der Waals surface area contributed by atoms with E-state index in [0.29, 0.717) is 25.9 Å². The summed E-state index contributed by atoms with van der Waals surface area (Å²) in [5, 5.41) is 23.4. The van der Waals surface area contributed by atoms with Gasteiger partial charge in [0.15, 0.2) is 0 Å². The van der Waals surface area contributed by atoms with Crippen molar-refractivity contribution < 1.29 is 24.5 Å². The summed E-state index contributed by atoms with van der Waals surface area (Å²) in [5.41, 5.74) is 0. The summed E-state index contributed by atoms with van der Waals surface area (Å²) in [7, 11) is 0. The van der Waals surface area contributed by atoms with Crippen molar-refractivity contribution >= 4 is 11.9 Å². The van der Waals surface area contributed by atoms with Crippen LogP contribution < -0.4 is 5.32 Å². The first-order valence-electron chi connectivity index (χ1n) is 36.2. The van der Waals surface area contributed by atoms with Crippen LogP contribution in [-0.2, 0) is 14.3 Å². The van der Waals surface area contributed by atoms with Gasteiger partial charge in [-0.1, -0.05) is 339 Å². The molecule has 0 spiro atoms. The molecule has 0 heterocycles. The van der Waals surface area contributed by atoms with Gasteiger partial charge in [0.05, 0.1) is 25.4 Å². The third-order valence-electron chi connectivity index (χ3n) is 16.9. The number of rotatable bonds is 68. The number of esters is 1. The Hall–Kier alpha value is -1.92. The summed E-state index contributed by atoms with van der Waals surface area (Å²) in [6.45, 7) is 4.96. The summed E-state index contributed by atoms with van der Waals surface area (Å²) in [5.74, 6) is -0.0309. The lowest BCUT2D eigenvalue weighted by Crippen LogP contribution is -2.45. The molecule has 1 amide bonds. The lowest BCUT2D eigenvalue weighted by Gasteiger charge is -2.22. The van der Waals surface area contributed by atoms with Crippen LogP contribution in [0.1, 0.15) is 399 Å². The Balaban J connectivity index is 3.41. The summed E-state index contributed by atoms with van der Waals surface area (Å²) >= 11 is 0. The Kier molecular flexibility index (Phi) is 67.9. The summed E-state index contributed by atoms with van der Waals surface area (Å²) in [4.78, 5) is 24.7. The minimum Gasteiger partial charge on any atom is -0.466 e. The molecule has 0 bridgehead atoms. The van der Waals surface area contributed by atoms with Gasteiger partial charge in [0.25, 0.3) is 0 Å². The number of nitrogens with one attached hydrogen (secondary N) is 1. The number of allylic oxidation sites excluding steroid dienone is 6. The number of hydrogen-bond donors (Lipinski definition) is 3.